The van der Waals surface area contributed by atoms with Crippen molar-refractivity contribution in [3.8, 4) is 0 Å². The summed E-state index contributed by atoms with van der Waals surface area (Å²) in [6, 6.07) is 20.0. The lowest BCUT2D eigenvalue weighted by molar-refractivity contribution is 0.411. The molecule has 0 unspecified atom stereocenters. The highest BCUT2D eigenvalue weighted by molar-refractivity contribution is 6.13. The van der Waals surface area contributed by atoms with E-state index in [-0.39, 0.29) is 11.6 Å². The van der Waals surface area contributed by atoms with Gasteiger partial charge in [-0.05, 0) is 36.2 Å². The van der Waals surface area contributed by atoms with Gasteiger partial charge in [0.05, 0.1) is 18.3 Å². The van der Waals surface area contributed by atoms with Crippen LogP contribution >= 0.6 is 11.8 Å². The zero-order valence-electron chi connectivity index (χ0n) is 14.6. The summed E-state index contributed by atoms with van der Waals surface area (Å²) in [5.74, 6) is 0.707. The molecule has 0 N–H and O–H groups in total. The van der Waals surface area contributed by atoms with Crippen molar-refractivity contribution in [2.45, 2.75) is 25.9 Å². The maximum Gasteiger partial charge on any atom is 0.257 e. The van der Waals surface area contributed by atoms with E-state index in [9.17, 15) is 4.79 Å². The molecule has 2 aromatic carbocycles. The summed E-state index contributed by atoms with van der Waals surface area (Å²) in [6.45, 7) is 3.07. The third-order valence-electron chi connectivity index (χ3n) is 4.89. The SMILES string of the molecule is Cc1nc2c(c(=O)n1C(c1ccccc1)c1ccccc1)CCN(Cl)C2. The average molecular weight is 366 g/mol. The number of nitrogens with zero attached hydrogens (tertiary/aromatic N) is 3. The van der Waals surface area contributed by atoms with Gasteiger partial charge in [-0.2, -0.15) is 0 Å². The first-order valence-corrected chi connectivity index (χ1v) is 9.10. The quantitative estimate of drug-likeness (QED) is 0.664. The minimum absolute atomic E-state index is 0.0370. The third kappa shape index (κ3) is 3.06. The molecule has 0 amide bonds. The lowest BCUT2D eigenvalue weighted by Gasteiger charge is -2.27. The van der Waals surface area contributed by atoms with E-state index in [2.05, 4.69) is 24.3 Å². The van der Waals surface area contributed by atoms with Crippen molar-refractivity contribution in [2.24, 2.45) is 0 Å². The van der Waals surface area contributed by atoms with Crippen LogP contribution in [-0.2, 0) is 13.0 Å². The molecule has 0 saturated heterocycles. The van der Waals surface area contributed by atoms with Gasteiger partial charge < -0.3 is 0 Å². The van der Waals surface area contributed by atoms with E-state index >= 15 is 0 Å². The highest BCUT2D eigenvalue weighted by atomic mass is 35.5. The second kappa shape index (κ2) is 7.06. The van der Waals surface area contributed by atoms with Gasteiger partial charge >= 0.3 is 0 Å². The monoisotopic (exact) mass is 365 g/mol. The van der Waals surface area contributed by atoms with Gasteiger partial charge in [-0.15, -0.1) is 0 Å². The summed E-state index contributed by atoms with van der Waals surface area (Å²) in [7, 11) is 0. The van der Waals surface area contributed by atoms with Gasteiger partial charge in [0.2, 0.25) is 0 Å². The molecule has 1 aromatic heterocycles. The molecule has 26 heavy (non-hydrogen) atoms. The van der Waals surface area contributed by atoms with Crippen molar-refractivity contribution in [1.82, 2.24) is 14.0 Å². The molecule has 0 bridgehead atoms. The molecule has 0 radical (unpaired) electrons. The topological polar surface area (TPSA) is 38.1 Å². The maximum absolute atomic E-state index is 13.4. The van der Waals surface area contributed by atoms with Crippen molar-refractivity contribution >= 4 is 11.8 Å². The van der Waals surface area contributed by atoms with Crippen LogP contribution in [0.1, 0.15) is 34.3 Å². The number of aryl methyl sites for hydroxylation is 1. The van der Waals surface area contributed by atoms with Crippen LogP contribution in [0.5, 0.6) is 0 Å². The normalized spacial score (nSPS) is 14.4. The highest BCUT2D eigenvalue weighted by Gasteiger charge is 2.26. The van der Waals surface area contributed by atoms with Crippen LogP contribution in [0.2, 0.25) is 0 Å². The zero-order chi connectivity index (χ0) is 18.1. The van der Waals surface area contributed by atoms with Crippen molar-refractivity contribution in [3.05, 3.63) is 99.2 Å². The van der Waals surface area contributed by atoms with Crippen molar-refractivity contribution in [1.29, 1.82) is 0 Å². The molecule has 0 spiro atoms. The third-order valence-corrected chi connectivity index (χ3v) is 5.17. The smallest absolute Gasteiger partial charge is 0.257 e. The van der Waals surface area contributed by atoms with Crippen molar-refractivity contribution < 1.29 is 0 Å². The fourth-order valence-electron chi connectivity index (χ4n) is 3.65. The maximum atomic E-state index is 13.4. The van der Waals surface area contributed by atoms with Crippen LogP contribution in [-0.4, -0.2) is 20.5 Å². The molecule has 0 aliphatic carbocycles. The van der Waals surface area contributed by atoms with Crippen LogP contribution in [0.25, 0.3) is 0 Å². The van der Waals surface area contributed by atoms with Gasteiger partial charge in [0.25, 0.3) is 5.56 Å². The first-order chi connectivity index (χ1) is 12.6. The average Bonchev–Trinajstić information content (AvgIpc) is 2.66. The van der Waals surface area contributed by atoms with E-state index in [4.69, 9.17) is 16.8 Å². The number of hydrogen-bond acceptors (Lipinski definition) is 3. The van der Waals surface area contributed by atoms with Crippen LogP contribution in [0.4, 0.5) is 0 Å². The Bertz CT molecular complexity index is 930. The van der Waals surface area contributed by atoms with Crippen LogP contribution in [0, 0.1) is 6.92 Å². The lowest BCUT2D eigenvalue weighted by Crippen LogP contribution is -2.37. The fourth-order valence-corrected chi connectivity index (χ4v) is 3.85. The number of aromatic nitrogens is 2. The van der Waals surface area contributed by atoms with E-state index in [1.165, 1.54) is 0 Å². The number of hydrogen-bond donors (Lipinski definition) is 0. The summed E-state index contributed by atoms with van der Waals surface area (Å²) in [5, 5.41) is 0. The Hall–Kier alpha value is -2.43. The largest absolute Gasteiger partial charge is 0.285 e. The summed E-state index contributed by atoms with van der Waals surface area (Å²) in [4.78, 5) is 18.1. The molecule has 0 fully saturated rings. The standard InChI is InChI=1S/C21H20ClN3O/c1-15-23-19-14-24(22)13-12-18(19)21(26)25(15)20(16-8-4-2-5-9-16)17-10-6-3-7-11-17/h2-11,20H,12-14H2,1H3. The molecule has 0 saturated carbocycles. The molecular weight excluding hydrogens is 346 g/mol. The highest BCUT2D eigenvalue weighted by Crippen LogP contribution is 2.27. The van der Waals surface area contributed by atoms with Gasteiger partial charge in [0, 0.05) is 12.1 Å². The van der Waals surface area contributed by atoms with Gasteiger partial charge in [-0.1, -0.05) is 60.7 Å². The lowest BCUT2D eigenvalue weighted by atomic mass is 9.97. The molecule has 0 atom stereocenters. The van der Waals surface area contributed by atoms with Gasteiger partial charge in [-0.25, -0.2) is 9.40 Å². The number of benzene rings is 2. The Kier molecular flexibility index (Phi) is 4.62. The summed E-state index contributed by atoms with van der Waals surface area (Å²) >= 11 is 6.13. The Morgan fingerprint density at radius 3 is 2.15 bits per heavy atom. The molecule has 3 aromatic rings. The molecule has 4 nitrogen and oxygen atoms in total. The van der Waals surface area contributed by atoms with Gasteiger partial charge in [-0.3, -0.25) is 9.36 Å². The first kappa shape index (κ1) is 17.0. The summed E-state index contributed by atoms with van der Waals surface area (Å²) in [6.07, 6.45) is 0.626. The van der Waals surface area contributed by atoms with Crippen LogP contribution in [0.3, 0.4) is 0 Å². The molecule has 5 heteroatoms. The second-order valence-corrected chi connectivity index (χ2v) is 7.06. The number of fused-ring (bicyclic) bond motifs is 1. The summed E-state index contributed by atoms with van der Waals surface area (Å²) < 4.78 is 3.51. The van der Waals surface area contributed by atoms with Crippen LogP contribution in [0.15, 0.2) is 65.5 Å². The zero-order valence-corrected chi connectivity index (χ0v) is 15.4. The molecule has 2 heterocycles. The van der Waals surface area contributed by atoms with E-state index in [0.29, 0.717) is 25.3 Å². The van der Waals surface area contributed by atoms with Crippen LogP contribution < -0.4 is 5.56 Å². The molecule has 132 valence electrons. The van der Waals surface area contributed by atoms with E-state index in [1.807, 2.05) is 47.9 Å². The minimum Gasteiger partial charge on any atom is -0.285 e. The molecular formula is C21H20ClN3O. The van der Waals surface area contributed by atoms with Crippen molar-refractivity contribution in [2.75, 3.05) is 6.54 Å². The molecule has 1 aliphatic heterocycles. The fraction of sp³-hybridized carbons (Fsp3) is 0.238. The summed E-state index contributed by atoms with van der Waals surface area (Å²) in [5.41, 5.74) is 3.75. The Balaban J connectivity index is 1.94. The van der Waals surface area contributed by atoms with E-state index in [0.717, 1.165) is 22.4 Å². The predicted octanol–water partition coefficient (Wildman–Crippen LogP) is 3.70. The number of halogens is 1. The number of rotatable bonds is 3. The Morgan fingerprint density at radius 2 is 1.58 bits per heavy atom. The molecule has 4 rings (SSSR count). The van der Waals surface area contributed by atoms with E-state index in [1.54, 1.807) is 4.42 Å². The Labute approximate surface area is 157 Å². The predicted molar refractivity (Wildman–Crippen MR) is 103 cm³/mol. The van der Waals surface area contributed by atoms with Gasteiger partial charge in [0.1, 0.15) is 5.82 Å². The van der Waals surface area contributed by atoms with Gasteiger partial charge in [0.15, 0.2) is 0 Å². The minimum atomic E-state index is -0.197. The second-order valence-electron chi connectivity index (χ2n) is 6.58. The first-order valence-electron chi connectivity index (χ1n) is 8.76. The Morgan fingerprint density at radius 1 is 1.00 bits per heavy atom. The molecule has 1 aliphatic rings. The van der Waals surface area contributed by atoms with Crippen molar-refractivity contribution in [3.63, 3.8) is 0 Å². The van der Waals surface area contributed by atoms with E-state index < -0.39 is 0 Å².